The molecule has 8 heteroatoms. The van der Waals surface area contributed by atoms with Gasteiger partial charge in [-0.1, -0.05) is 5.16 Å². The van der Waals surface area contributed by atoms with Crippen molar-refractivity contribution in [3.8, 4) is 23.0 Å². The first-order valence-electron chi connectivity index (χ1n) is 6.29. The van der Waals surface area contributed by atoms with Gasteiger partial charge in [0, 0.05) is 30.4 Å². The Kier molecular flexibility index (Phi) is 3.19. The van der Waals surface area contributed by atoms with E-state index in [1.54, 1.807) is 29.1 Å². The van der Waals surface area contributed by atoms with Crippen LogP contribution >= 0.6 is 0 Å². The van der Waals surface area contributed by atoms with Gasteiger partial charge in [-0.05, 0) is 25.1 Å². The second kappa shape index (κ2) is 5.16. The Hall–Kier alpha value is -3.03. The molecule has 8 nitrogen and oxygen atoms in total. The largest absolute Gasteiger partial charge is 0.332 e. The number of nitro groups is 1. The summed E-state index contributed by atoms with van der Waals surface area (Å²) >= 11 is 0. The van der Waals surface area contributed by atoms with Gasteiger partial charge in [-0.3, -0.25) is 14.8 Å². The number of nitro benzene ring substituents is 1. The Bertz CT molecular complexity index is 775. The Labute approximate surface area is 119 Å². The summed E-state index contributed by atoms with van der Waals surface area (Å²) in [5.74, 6) is 0.742. The van der Waals surface area contributed by atoms with Crippen molar-refractivity contribution >= 4 is 5.69 Å². The average Bonchev–Trinajstić information content (AvgIpc) is 3.15. The van der Waals surface area contributed by atoms with Crippen LogP contribution in [0.5, 0.6) is 0 Å². The summed E-state index contributed by atoms with van der Waals surface area (Å²) in [7, 11) is 0. The summed E-state index contributed by atoms with van der Waals surface area (Å²) < 4.78 is 6.97. The number of non-ortho nitro benzene ring substituents is 1. The summed E-state index contributed by atoms with van der Waals surface area (Å²) in [5.41, 5.74) is 1.41. The maximum atomic E-state index is 10.6. The van der Waals surface area contributed by atoms with Gasteiger partial charge in [0.1, 0.15) is 5.69 Å². The van der Waals surface area contributed by atoms with Crippen LogP contribution in [-0.4, -0.2) is 24.8 Å². The minimum Gasteiger partial charge on any atom is -0.332 e. The number of benzene rings is 1. The van der Waals surface area contributed by atoms with Gasteiger partial charge in [0.25, 0.3) is 11.6 Å². The first kappa shape index (κ1) is 13.0. The summed E-state index contributed by atoms with van der Waals surface area (Å²) in [4.78, 5) is 14.5. The fourth-order valence-corrected chi connectivity index (χ4v) is 1.94. The van der Waals surface area contributed by atoms with E-state index in [0.717, 1.165) is 5.69 Å². The van der Waals surface area contributed by atoms with E-state index in [-0.39, 0.29) is 5.69 Å². The number of aryl methyl sites for hydroxylation is 1. The van der Waals surface area contributed by atoms with Gasteiger partial charge in [-0.15, -0.1) is 0 Å². The number of rotatable bonds is 4. The fraction of sp³-hybridized carbons (Fsp3) is 0.154. The van der Waals surface area contributed by atoms with Crippen molar-refractivity contribution in [3.05, 3.63) is 46.6 Å². The SMILES string of the molecule is CCn1nccc1-c1nc(-c2ccc([N+](=O)[O-])cc2)no1. The van der Waals surface area contributed by atoms with Crippen LogP contribution in [0, 0.1) is 10.1 Å². The summed E-state index contributed by atoms with van der Waals surface area (Å²) in [6.45, 7) is 2.65. The van der Waals surface area contributed by atoms with Crippen molar-refractivity contribution in [1.29, 1.82) is 0 Å². The van der Waals surface area contributed by atoms with Crippen LogP contribution in [0.15, 0.2) is 41.1 Å². The van der Waals surface area contributed by atoms with Gasteiger partial charge in [-0.2, -0.15) is 10.1 Å². The van der Waals surface area contributed by atoms with Crippen LogP contribution in [0.3, 0.4) is 0 Å². The monoisotopic (exact) mass is 285 g/mol. The molecule has 0 aliphatic carbocycles. The third-order valence-corrected chi connectivity index (χ3v) is 3.00. The quantitative estimate of drug-likeness (QED) is 0.539. The lowest BCUT2D eigenvalue weighted by Gasteiger charge is -1.98. The summed E-state index contributed by atoms with van der Waals surface area (Å²) in [6.07, 6.45) is 1.66. The molecular formula is C13H11N5O3. The molecule has 21 heavy (non-hydrogen) atoms. The van der Waals surface area contributed by atoms with E-state index in [4.69, 9.17) is 4.52 Å². The van der Waals surface area contributed by atoms with Crippen LogP contribution in [0.1, 0.15) is 6.92 Å². The molecule has 0 atom stereocenters. The zero-order valence-corrected chi connectivity index (χ0v) is 11.1. The topological polar surface area (TPSA) is 99.9 Å². The van der Waals surface area contributed by atoms with Crippen molar-refractivity contribution in [2.75, 3.05) is 0 Å². The molecule has 0 saturated carbocycles. The van der Waals surface area contributed by atoms with E-state index in [2.05, 4.69) is 15.2 Å². The van der Waals surface area contributed by atoms with Crippen molar-refractivity contribution < 1.29 is 9.45 Å². The number of hydrogen-bond acceptors (Lipinski definition) is 6. The highest BCUT2D eigenvalue weighted by atomic mass is 16.6. The lowest BCUT2D eigenvalue weighted by atomic mass is 10.2. The molecule has 2 aromatic heterocycles. The molecule has 0 bridgehead atoms. The summed E-state index contributed by atoms with van der Waals surface area (Å²) in [5, 5.41) is 18.7. The predicted molar refractivity (Wildman–Crippen MR) is 73.3 cm³/mol. The third kappa shape index (κ3) is 2.38. The second-order valence-electron chi connectivity index (χ2n) is 4.26. The lowest BCUT2D eigenvalue weighted by Crippen LogP contribution is -1.98. The molecule has 0 spiro atoms. The molecule has 0 amide bonds. The Morgan fingerprint density at radius 3 is 2.71 bits per heavy atom. The van der Waals surface area contributed by atoms with Crippen LogP contribution in [-0.2, 0) is 6.54 Å². The van der Waals surface area contributed by atoms with Crippen LogP contribution in [0.2, 0.25) is 0 Å². The zero-order chi connectivity index (χ0) is 14.8. The molecular weight excluding hydrogens is 274 g/mol. The van der Waals surface area contributed by atoms with Gasteiger partial charge in [-0.25, -0.2) is 0 Å². The first-order valence-corrected chi connectivity index (χ1v) is 6.29. The third-order valence-electron chi connectivity index (χ3n) is 3.00. The minimum atomic E-state index is -0.453. The van der Waals surface area contributed by atoms with Crippen molar-refractivity contribution in [1.82, 2.24) is 19.9 Å². The summed E-state index contributed by atoms with van der Waals surface area (Å²) in [6, 6.07) is 7.77. The maximum absolute atomic E-state index is 10.6. The Morgan fingerprint density at radius 1 is 1.29 bits per heavy atom. The number of aromatic nitrogens is 4. The highest BCUT2D eigenvalue weighted by molar-refractivity contribution is 5.59. The van der Waals surface area contributed by atoms with Gasteiger partial charge < -0.3 is 4.52 Å². The zero-order valence-electron chi connectivity index (χ0n) is 11.1. The van der Waals surface area contributed by atoms with E-state index in [1.807, 2.05) is 6.92 Å². The van der Waals surface area contributed by atoms with E-state index in [0.29, 0.717) is 23.8 Å². The van der Waals surface area contributed by atoms with Gasteiger partial charge in [0.05, 0.1) is 4.92 Å². The highest BCUT2D eigenvalue weighted by Crippen LogP contribution is 2.23. The van der Waals surface area contributed by atoms with Crippen LogP contribution in [0.4, 0.5) is 5.69 Å². The van der Waals surface area contributed by atoms with Gasteiger partial charge in [0.2, 0.25) is 5.82 Å². The molecule has 0 saturated heterocycles. The molecule has 0 aliphatic heterocycles. The predicted octanol–water partition coefficient (Wildman–Crippen LogP) is 2.53. The minimum absolute atomic E-state index is 0.0199. The van der Waals surface area contributed by atoms with Gasteiger partial charge in [0.15, 0.2) is 0 Å². The first-order chi connectivity index (χ1) is 10.2. The number of nitrogens with zero attached hydrogens (tertiary/aromatic N) is 5. The highest BCUT2D eigenvalue weighted by Gasteiger charge is 2.14. The standard InChI is InChI=1S/C13H11N5O3/c1-2-17-11(7-8-14-17)13-15-12(16-21-13)9-3-5-10(6-4-9)18(19)20/h3-8H,2H2,1H3. The smallest absolute Gasteiger partial charge is 0.276 e. The molecule has 1 aromatic carbocycles. The Balaban J connectivity index is 1.93. The van der Waals surface area contributed by atoms with E-state index in [9.17, 15) is 10.1 Å². The second-order valence-corrected chi connectivity index (χ2v) is 4.26. The molecule has 3 aromatic rings. The van der Waals surface area contributed by atoms with Crippen molar-refractivity contribution in [2.24, 2.45) is 0 Å². The number of hydrogen-bond donors (Lipinski definition) is 0. The average molecular weight is 285 g/mol. The molecule has 0 unspecified atom stereocenters. The maximum Gasteiger partial charge on any atom is 0.276 e. The van der Waals surface area contributed by atoms with E-state index in [1.165, 1.54) is 12.1 Å². The molecule has 3 rings (SSSR count). The fourth-order valence-electron chi connectivity index (χ4n) is 1.94. The Morgan fingerprint density at radius 2 is 2.05 bits per heavy atom. The van der Waals surface area contributed by atoms with E-state index >= 15 is 0 Å². The van der Waals surface area contributed by atoms with Crippen molar-refractivity contribution in [3.63, 3.8) is 0 Å². The van der Waals surface area contributed by atoms with Gasteiger partial charge >= 0.3 is 0 Å². The van der Waals surface area contributed by atoms with E-state index < -0.39 is 4.92 Å². The molecule has 0 N–H and O–H groups in total. The van der Waals surface area contributed by atoms with Crippen LogP contribution in [0.25, 0.3) is 23.0 Å². The molecule has 0 fully saturated rings. The normalized spacial score (nSPS) is 10.7. The molecule has 106 valence electrons. The molecule has 0 aliphatic rings. The molecule has 0 radical (unpaired) electrons. The lowest BCUT2D eigenvalue weighted by molar-refractivity contribution is -0.384. The van der Waals surface area contributed by atoms with Crippen molar-refractivity contribution in [2.45, 2.75) is 13.5 Å². The molecule has 2 heterocycles. The van der Waals surface area contributed by atoms with Crippen LogP contribution < -0.4 is 0 Å².